The van der Waals surface area contributed by atoms with Gasteiger partial charge in [0.05, 0.1) is 35.4 Å². The van der Waals surface area contributed by atoms with Gasteiger partial charge in [0, 0.05) is 42.0 Å². The van der Waals surface area contributed by atoms with Crippen molar-refractivity contribution >= 4 is 11.6 Å². The van der Waals surface area contributed by atoms with Gasteiger partial charge in [0.1, 0.15) is 0 Å². The van der Waals surface area contributed by atoms with E-state index < -0.39 is 0 Å². The summed E-state index contributed by atoms with van der Waals surface area (Å²) in [5.41, 5.74) is 11.6. The van der Waals surface area contributed by atoms with Crippen molar-refractivity contribution in [2.24, 2.45) is 5.73 Å². The predicted octanol–water partition coefficient (Wildman–Crippen LogP) is 3.50. The fraction of sp³-hybridized carbons (Fsp3) is 0.200. The molecule has 32 heavy (non-hydrogen) atoms. The molecule has 2 N–H and O–H groups in total. The molecule has 0 atom stereocenters. The third kappa shape index (κ3) is 3.72. The van der Waals surface area contributed by atoms with Gasteiger partial charge in [-0.25, -0.2) is 4.98 Å². The van der Waals surface area contributed by atoms with Gasteiger partial charge in [-0.1, -0.05) is 24.3 Å². The standard InChI is InChI=1S/C25H22N6O/c26-13-17-1-3-19(4-2-17)23-14-29-24-15-28-22(16-31(23)24)18-5-7-20(8-6-18)25(32)30-11-9-21(27)10-12-30/h1-8,14-16,21H,9-12,27H2. The number of carbonyl (C=O) groups is 1. The Hall–Kier alpha value is -4.02. The molecule has 0 radical (unpaired) electrons. The molecular weight excluding hydrogens is 400 g/mol. The average molecular weight is 422 g/mol. The zero-order valence-electron chi connectivity index (χ0n) is 17.5. The van der Waals surface area contributed by atoms with E-state index >= 15 is 0 Å². The number of nitrogens with two attached hydrogens (primary N) is 1. The minimum absolute atomic E-state index is 0.0459. The van der Waals surface area contributed by atoms with E-state index in [1.165, 1.54) is 0 Å². The minimum atomic E-state index is 0.0459. The van der Waals surface area contributed by atoms with Crippen LogP contribution in [0.25, 0.3) is 28.2 Å². The second-order valence-corrected chi connectivity index (χ2v) is 8.04. The molecule has 1 aliphatic heterocycles. The largest absolute Gasteiger partial charge is 0.339 e. The SMILES string of the molecule is N#Cc1ccc(-c2cnc3cnc(-c4ccc(C(=O)N5CCC(N)CC5)cc4)cn23)cc1. The smallest absolute Gasteiger partial charge is 0.253 e. The minimum Gasteiger partial charge on any atom is -0.339 e. The fourth-order valence-electron chi connectivity index (χ4n) is 4.04. The van der Waals surface area contributed by atoms with Crippen LogP contribution in [0.3, 0.4) is 0 Å². The summed E-state index contributed by atoms with van der Waals surface area (Å²) in [6.45, 7) is 1.41. The Morgan fingerprint density at radius 2 is 1.66 bits per heavy atom. The van der Waals surface area contributed by atoms with Crippen molar-refractivity contribution < 1.29 is 4.79 Å². The van der Waals surface area contributed by atoms with Crippen molar-refractivity contribution in [3.05, 3.63) is 78.2 Å². The third-order valence-corrected chi connectivity index (χ3v) is 5.96. The number of imidazole rings is 1. The second kappa shape index (κ2) is 8.25. The van der Waals surface area contributed by atoms with Crippen LogP contribution in [-0.2, 0) is 0 Å². The Morgan fingerprint density at radius 1 is 0.969 bits per heavy atom. The number of hydrogen-bond donors (Lipinski definition) is 1. The van der Waals surface area contributed by atoms with Crippen LogP contribution in [0.15, 0.2) is 67.1 Å². The van der Waals surface area contributed by atoms with Gasteiger partial charge in [0.25, 0.3) is 5.91 Å². The van der Waals surface area contributed by atoms with Gasteiger partial charge < -0.3 is 10.6 Å². The lowest BCUT2D eigenvalue weighted by Crippen LogP contribution is -2.42. The van der Waals surface area contributed by atoms with E-state index in [9.17, 15) is 4.79 Å². The van der Waals surface area contributed by atoms with E-state index in [2.05, 4.69) is 16.0 Å². The van der Waals surface area contributed by atoms with Crippen molar-refractivity contribution in [2.45, 2.75) is 18.9 Å². The summed E-state index contributed by atoms with van der Waals surface area (Å²) in [7, 11) is 0. The van der Waals surface area contributed by atoms with Gasteiger partial charge in [-0.2, -0.15) is 5.26 Å². The summed E-state index contributed by atoms with van der Waals surface area (Å²) < 4.78 is 1.99. The number of piperidine rings is 1. The first-order valence-electron chi connectivity index (χ1n) is 10.6. The Kier molecular flexibility index (Phi) is 5.13. The first kappa shape index (κ1) is 19.9. The summed E-state index contributed by atoms with van der Waals surface area (Å²) in [6.07, 6.45) is 7.17. The van der Waals surface area contributed by atoms with Crippen LogP contribution < -0.4 is 5.73 Å². The molecule has 2 aromatic heterocycles. The number of rotatable bonds is 3. The molecule has 1 amide bonds. The van der Waals surface area contributed by atoms with E-state index in [1.54, 1.807) is 24.5 Å². The molecule has 1 saturated heterocycles. The fourth-order valence-corrected chi connectivity index (χ4v) is 4.04. The highest BCUT2D eigenvalue weighted by molar-refractivity contribution is 5.94. The topological polar surface area (TPSA) is 100 Å². The number of benzene rings is 2. The van der Waals surface area contributed by atoms with Gasteiger partial charge in [0.2, 0.25) is 0 Å². The van der Waals surface area contributed by atoms with Crippen molar-refractivity contribution in [3.8, 4) is 28.6 Å². The van der Waals surface area contributed by atoms with Crippen LogP contribution >= 0.6 is 0 Å². The third-order valence-electron chi connectivity index (χ3n) is 5.96. The van der Waals surface area contributed by atoms with Crippen molar-refractivity contribution in [1.82, 2.24) is 19.3 Å². The summed E-state index contributed by atoms with van der Waals surface area (Å²) in [4.78, 5) is 23.6. The Morgan fingerprint density at radius 3 is 2.34 bits per heavy atom. The lowest BCUT2D eigenvalue weighted by atomic mass is 10.0. The molecule has 1 fully saturated rings. The molecule has 4 aromatic rings. The predicted molar refractivity (Wildman–Crippen MR) is 122 cm³/mol. The quantitative estimate of drug-likeness (QED) is 0.545. The maximum Gasteiger partial charge on any atom is 0.253 e. The van der Waals surface area contributed by atoms with Crippen LogP contribution in [0.5, 0.6) is 0 Å². The number of nitriles is 1. The van der Waals surface area contributed by atoms with Crippen LogP contribution in [0.2, 0.25) is 0 Å². The maximum atomic E-state index is 12.8. The summed E-state index contributed by atoms with van der Waals surface area (Å²) in [5, 5.41) is 9.03. The molecule has 0 unspecified atom stereocenters. The van der Waals surface area contributed by atoms with Crippen LogP contribution in [-0.4, -0.2) is 44.3 Å². The van der Waals surface area contributed by atoms with Crippen molar-refractivity contribution in [3.63, 3.8) is 0 Å². The number of nitrogens with zero attached hydrogens (tertiary/aromatic N) is 5. The average Bonchev–Trinajstić information content (AvgIpc) is 3.27. The van der Waals surface area contributed by atoms with E-state index in [4.69, 9.17) is 11.0 Å². The Bertz CT molecular complexity index is 1310. The molecule has 0 spiro atoms. The molecule has 5 rings (SSSR count). The van der Waals surface area contributed by atoms with Gasteiger partial charge in [-0.05, 0) is 37.1 Å². The van der Waals surface area contributed by atoms with Crippen LogP contribution in [0.4, 0.5) is 0 Å². The molecular formula is C25H22N6O. The Balaban J connectivity index is 1.42. The summed E-state index contributed by atoms with van der Waals surface area (Å²) >= 11 is 0. The van der Waals surface area contributed by atoms with Crippen LogP contribution in [0, 0.1) is 11.3 Å². The van der Waals surface area contributed by atoms with E-state index in [0.29, 0.717) is 24.2 Å². The first-order chi connectivity index (χ1) is 15.6. The highest BCUT2D eigenvalue weighted by atomic mass is 16.2. The van der Waals surface area contributed by atoms with Crippen molar-refractivity contribution in [2.75, 3.05) is 13.1 Å². The molecule has 0 aliphatic carbocycles. The summed E-state index contributed by atoms with van der Waals surface area (Å²) in [5.74, 6) is 0.0459. The van der Waals surface area contributed by atoms with Gasteiger partial charge in [-0.15, -0.1) is 0 Å². The molecule has 0 bridgehead atoms. The highest BCUT2D eigenvalue weighted by Crippen LogP contribution is 2.24. The molecule has 7 heteroatoms. The molecule has 7 nitrogen and oxygen atoms in total. The number of amides is 1. The van der Waals surface area contributed by atoms with E-state index in [-0.39, 0.29) is 11.9 Å². The van der Waals surface area contributed by atoms with Crippen LogP contribution in [0.1, 0.15) is 28.8 Å². The Labute approximate surface area is 185 Å². The highest BCUT2D eigenvalue weighted by Gasteiger charge is 2.21. The number of likely N-dealkylation sites (tertiary alicyclic amines) is 1. The van der Waals surface area contributed by atoms with Crippen molar-refractivity contribution in [1.29, 1.82) is 5.26 Å². The molecule has 0 saturated carbocycles. The van der Waals surface area contributed by atoms with E-state index in [0.717, 1.165) is 41.0 Å². The lowest BCUT2D eigenvalue weighted by molar-refractivity contribution is 0.0715. The monoisotopic (exact) mass is 422 g/mol. The number of hydrogen-bond acceptors (Lipinski definition) is 5. The maximum absolute atomic E-state index is 12.8. The number of fused-ring (bicyclic) bond motifs is 1. The second-order valence-electron chi connectivity index (χ2n) is 8.04. The lowest BCUT2D eigenvalue weighted by Gasteiger charge is -2.30. The number of aromatic nitrogens is 3. The van der Waals surface area contributed by atoms with Gasteiger partial charge in [0.15, 0.2) is 5.65 Å². The van der Waals surface area contributed by atoms with E-state index in [1.807, 2.05) is 51.9 Å². The molecule has 2 aromatic carbocycles. The normalized spacial score (nSPS) is 14.4. The van der Waals surface area contributed by atoms with Gasteiger partial charge in [-0.3, -0.25) is 14.2 Å². The first-order valence-corrected chi connectivity index (χ1v) is 10.6. The zero-order valence-corrected chi connectivity index (χ0v) is 17.5. The molecule has 1 aliphatic rings. The summed E-state index contributed by atoms with van der Waals surface area (Å²) in [6, 6.07) is 17.3. The van der Waals surface area contributed by atoms with Gasteiger partial charge >= 0.3 is 0 Å². The number of carbonyl (C=O) groups excluding carboxylic acids is 1. The molecule has 3 heterocycles. The molecule has 158 valence electrons. The zero-order chi connectivity index (χ0) is 22.1.